The van der Waals surface area contributed by atoms with Crippen molar-refractivity contribution in [2.24, 2.45) is 0 Å². The summed E-state index contributed by atoms with van der Waals surface area (Å²) in [7, 11) is 0. The van der Waals surface area contributed by atoms with Gasteiger partial charge in [0.15, 0.2) is 5.57 Å². The number of nitrogens with one attached hydrogen (secondary N) is 2. The monoisotopic (exact) mass is 440 g/mol. The van der Waals surface area contributed by atoms with Gasteiger partial charge in [0.25, 0.3) is 5.79 Å². The Hall–Kier alpha value is -3.20. The molecule has 0 saturated carbocycles. The normalized spacial score (nSPS) is 15.9. The molecule has 10 heteroatoms. The Labute approximate surface area is 174 Å². The van der Waals surface area contributed by atoms with Crippen molar-refractivity contribution in [3.05, 3.63) is 70.5 Å². The van der Waals surface area contributed by atoms with E-state index in [-0.39, 0.29) is 11.5 Å². The molecule has 1 fully saturated rings. The first-order valence-electron chi connectivity index (χ1n) is 8.63. The zero-order valence-electron chi connectivity index (χ0n) is 15.8. The first-order valence-corrected chi connectivity index (χ1v) is 9.01. The lowest BCUT2D eigenvalue weighted by Crippen LogP contribution is -2.43. The van der Waals surface area contributed by atoms with Crippen LogP contribution in [-0.2, 0) is 25.2 Å². The van der Waals surface area contributed by atoms with E-state index >= 15 is 0 Å². The zero-order chi connectivity index (χ0) is 22.1. The van der Waals surface area contributed by atoms with E-state index in [1.807, 2.05) is 0 Å². The van der Waals surface area contributed by atoms with E-state index in [1.54, 1.807) is 30.3 Å². The molecule has 0 unspecified atom stereocenters. The standard InChI is InChI=1S/C20H16ClF3N2O4/c1-19(2)29-17(27)15(18(28)30-19)16(25-11-6-4-3-5-7-11)26-12-8-9-14(21)13(10-12)20(22,23)24/h3-10,25-26H,1-2H3. The van der Waals surface area contributed by atoms with Crippen molar-refractivity contribution in [1.82, 2.24) is 0 Å². The number of esters is 2. The van der Waals surface area contributed by atoms with Gasteiger partial charge in [-0.05, 0) is 30.3 Å². The number of anilines is 2. The van der Waals surface area contributed by atoms with E-state index in [0.717, 1.165) is 12.1 Å². The summed E-state index contributed by atoms with van der Waals surface area (Å²) >= 11 is 5.65. The highest BCUT2D eigenvalue weighted by atomic mass is 35.5. The molecule has 0 atom stereocenters. The summed E-state index contributed by atoms with van der Waals surface area (Å²) in [6.07, 6.45) is -4.69. The molecule has 1 aliphatic rings. The quantitative estimate of drug-likeness (QED) is 0.399. The highest BCUT2D eigenvalue weighted by Gasteiger charge is 2.41. The van der Waals surface area contributed by atoms with Crippen LogP contribution < -0.4 is 10.6 Å². The second-order valence-corrected chi connectivity index (χ2v) is 7.14. The molecule has 0 spiro atoms. The summed E-state index contributed by atoms with van der Waals surface area (Å²) in [5, 5.41) is 4.95. The number of cyclic esters (lactones) is 2. The van der Waals surface area contributed by atoms with Crippen molar-refractivity contribution in [2.75, 3.05) is 10.6 Å². The summed E-state index contributed by atoms with van der Waals surface area (Å²) < 4.78 is 49.7. The number of halogens is 4. The van der Waals surface area contributed by atoms with E-state index in [0.29, 0.717) is 5.69 Å². The van der Waals surface area contributed by atoms with Crippen molar-refractivity contribution >= 4 is 34.9 Å². The minimum Gasteiger partial charge on any atom is -0.419 e. The average Bonchev–Trinajstić information content (AvgIpc) is 2.61. The van der Waals surface area contributed by atoms with Gasteiger partial charge in [-0.1, -0.05) is 29.8 Å². The summed E-state index contributed by atoms with van der Waals surface area (Å²) in [6, 6.07) is 11.5. The van der Waals surface area contributed by atoms with Crippen LogP contribution in [0.3, 0.4) is 0 Å². The minimum atomic E-state index is -4.69. The van der Waals surface area contributed by atoms with Gasteiger partial charge >= 0.3 is 18.1 Å². The molecule has 6 nitrogen and oxygen atoms in total. The van der Waals surface area contributed by atoms with E-state index in [1.165, 1.54) is 19.9 Å². The van der Waals surface area contributed by atoms with Gasteiger partial charge in [-0.15, -0.1) is 0 Å². The molecular formula is C20H16ClF3N2O4. The van der Waals surface area contributed by atoms with Crippen LogP contribution in [0.25, 0.3) is 0 Å². The Balaban J connectivity index is 2.05. The molecule has 1 heterocycles. The number of carbonyl (C=O) groups is 2. The summed E-state index contributed by atoms with van der Waals surface area (Å²) in [6.45, 7) is 2.76. The summed E-state index contributed by atoms with van der Waals surface area (Å²) in [5.41, 5.74) is -1.21. The van der Waals surface area contributed by atoms with Crippen molar-refractivity contribution in [1.29, 1.82) is 0 Å². The SMILES string of the molecule is CC1(C)OC(=O)C(=C(Nc2ccccc2)Nc2ccc(Cl)c(C(F)(F)F)c2)C(=O)O1. The molecule has 2 N–H and O–H groups in total. The van der Waals surface area contributed by atoms with Crippen LogP contribution in [0.4, 0.5) is 24.5 Å². The molecule has 0 bridgehead atoms. The van der Waals surface area contributed by atoms with E-state index in [9.17, 15) is 22.8 Å². The molecule has 1 saturated heterocycles. The zero-order valence-corrected chi connectivity index (χ0v) is 16.5. The number of alkyl halides is 3. The molecule has 0 radical (unpaired) electrons. The molecule has 0 aromatic heterocycles. The fourth-order valence-corrected chi connectivity index (χ4v) is 2.87. The first-order chi connectivity index (χ1) is 14.0. The second kappa shape index (κ2) is 7.91. The number of hydrogen-bond acceptors (Lipinski definition) is 6. The number of ether oxygens (including phenoxy) is 2. The average molecular weight is 441 g/mol. The maximum atomic E-state index is 13.2. The number of rotatable bonds is 4. The van der Waals surface area contributed by atoms with Crippen LogP contribution >= 0.6 is 11.6 Å². The minimum absolute atomic E-state index is 0.0666. The lowest BCUT2D eigenvalue weighted by atomic mass is 10.1. The molecule has 0 amide bonds. The largest absolute Gasteiger partial charge is 0.419 e. The molecular weight excluding hydrogens is 425 g/mol. The Kier molecular flexibility index (Phi) is 5.67. The maximum absolute atomic E-state index is 13.2. The lowest BCUT2D eigenvalue weighted by molar-refractivity contribution is -0.222. The number of para-hydroxylation sites is 1. The van der Waals surface area contributed by atoms with Gasteiger partial charge in [0.2, 0.25) is 0 Å². The third-order valence-corrected chi connectivity index (χ3v) is 4.25. The van der Waals surface area contributed by atoms with Gasteiger partial charge < -0.3 is 20.1 Å². The molecule has 158 valence electrons. The summed E-state index contributed by atoms with van der Waals surface area (Å²) in [4.78, 5) is 24.9. The Morgan fingerprint density at radius 3 is 2.07 bits per heavy atom. The Bertz CT molecular complexity index is 998. The van der Waals surface area contributed by atoms with Crippen LogP contribution in [0.5, 0.6) is 0 Å². The fraction of sp³-hybridized carbons (Fsp3) is 0.200. The van der Waals surface area contributed by atoms with E-state index in [2.05, 4.69) is 10.6 Å². The Morgan fingerprint density at radius 2 is 1.50 bits per heavy atom. The third-order valence-electron chi connectivity index (χ3n) is 3.92. The smallest absolute Gasteiger partial charge is 0.417 e. The van der Waals surface area contributed by atoms with Gasteiger partial charge in [0.05, 0.1) is 10.6 Å². The van der Waals surface area contributed by atoms with E-state index < -0.39 is 40.1 Å². The molecule has 0 aliphatic carbocycles. The highest BCUT2D eigenvalue weighted by molar-refractivity contribution is 6.31. The molecule has 3 rings (SSSR count). The predicted octanol–water partition coefficient (Wildman–Crippen LogP) is 4.93. The van der Waals surface area contributed by atoms with Crippen molar-refractivity contribution in [2.45, 2.75) is 25.8 Å². The van der Waals surface area contributed by atoms with Crippen LogP contribution in [-0.4, -0.2) is 17.7 Å². The second-order valence-electron chi connectivity index (χ2n) is 6.74. The topological polar surface area (TPSA) is 76.7 Å². The van der Waals surface area contributed by atoms with Crippen molar-refractivity contribution in [3.63, 3.8) is 0 Å². The van der Waals surface area contributed by atoms with Gasteiger partial charge in [0.1, 0.15) is 5.82 Å². The molecule has 30 heavy (non-hydrogen) atoms. The van der Waals surface area contributed by atoms with Crippen LogP contribution in [0, 0.1) is 0 Å². The van der Waals surface area contributed by atoms with Crippen LogP contribution in [0.2, 0.25) is 5.02 Å². The van der Waals surface area contributed by atoms with Crippen LogP contribution in [0.1, 0.15) is 19.4 Å². The van der Waals surface area contributed by atoms with Gasteiger partial charge in [0, 0.05) is 25.2 Å². The molecule has 2 aromatic rings. The number of hydrogen-bond donors (Lipinski definition) is 2. The van der Waals surface area contributed by atoms with E-state index in [4.69, 9.17) is 21.1 Å². The van der Waals surface area contributed by atoms with Crippen molar-refractivity contribution in [3.8, 4) is 0 Å². The fourth-order valence-electron chi connectivity index (χ4n) is 2.64. The third kappa shape index (κ3) is 4.85. The summed E-state index contributed by atoms with van der Waals surface area (Å²) in [5.74, 6) is -3.67. The number of benzene rings is 2. The first kappa shape index (κ1) is 21.5. The Morgan fingerprint density at radius 1 is 0.933 bits per heavy atom. The van der Waals surface area contributed by atoms with Gasteiger partial charge in [-0.25, -0.2) is 9.59 Å². The van der Waals surface area contributed by atoms with Crippen molar-refractivity contribution < 1.29 is 32.2 Å². The molecule has 2 aromatic carbocycles. The van der Waals surface area contributed by atoms with Crippen LogP contribution in [0.15, 0.2) is 59.9 Å². The van der Waals surface area contributed by atoms with Gasteiger partial charge in [-0.2, -0.15) is 13.2 Å². The molecule has 1 aliphatic heterocycles. The highest BCUT2D eigenvalue weighted by Crippen LogP contribution is 2.36. The van der Waals surface area contributed by atoms with Gasteiger partial charge in [-0.3, -0.25) is 0 Å². The number of carbonyl (C=O) groups excluding carboxylic acids is 2. The lowest BCUT2D eigenvalue weighted by Gasteiger charge is -2.31. The predicted molar refractivity (Wildman–Crippen MR) is 103 cm³/mol. The maximum Gasteiger partial charge on any atom is 0.417 e.